The highest BCUT2D eigenvalue weighted by Crippen LogP contribution is 2.31. The van der Waals surface area contributed by atoms with Crippen LogP contribution in [0.15, 0.2) is 60.7 Å². The van der Waals surface area contributed by atoms with E-state index >= 15 is 0 Å². The molecule has 0 saturated heterocycles. The molecule has 0 unspecified atom stereocenters. The molecule has 0 bridgehead atoms. The van der Waals surface area contributed by atoms with E-state index in [4.69, 9.17) is 4.74 Å². The van der Waals surface area contributed by atoms with Crippen LogP contribution in [0.2, 0.25) is 0 Å². The molecule has 1 heterocycles. The number of rotatable bonds is 7. The molecule has 35 heavy (non-hydrogen) atoms. The zero-order valence-electron chi connectivity index (χ0n) is 19.7. The predicted octanol–water partition coefficient (Wildman–Crippen LogP) is 3.27. The molecule has 0 saturated carbocycles. The SMILES string of the molecule is COc1ccc(C(=O)NCCNC(=O)c2ccc3c(c2)C(=O)N(c2cc(C)ccc2C)C3=O)cc1. The summed E-state index contributed by atoms with van der Waals surface area (Å²) in [4.78, 5) is 52.0. The number of hydrogen-bond acceptors (Lipinski definition) is 5. The van der Waals surface area contributed by atoms with Crippen LogP contribution in [0.25, 0.3) is 0 Å². The van der Waals surface area contributed by atoms with Crippen molar-refractivity contribution in [3.05, 3.63) is 94.0 Å². The molecule has 3 aromatic carbocycles. The Kier molecular flexibility index (Phi) is 6.64. The zero-order valence-corrected chi connectivity index (χ0v) is 19.7. The highest BCUT2D eigenvalue weighted by molar-refractivity contribution is 6.35. The number of ether oxygens (including phenoxy) is 1. The number of imide groups is 1. The van der Waals surface area contributed by atoms with Gasteiger partial charge in [0.05, 0.1) is 23.9 Å². The molecule has 0 aromatic heterocycles. The van der Waals surface area contributed by atoms with Crippen molar-refractivity contribution in [2.45, 2.75) is 13.8 Å². The number of carbonyl (C=O) groups excluding carboxylic acids is 4. The van der Waals surface area contributed by atoms with E-state index in [9.17, 15) is 19.2 Å². The highest BCUT2D eigenvalue weighted by Gasteiger charge is 2.37. The van der Waals surface area contributed by atoms with Gasteiger partial charge in [-0.2, -0.15) is 0 Å². The molecular weight excluding hydrogens is 446 g/mol. The molecule has 0 atom stereocenters. The quantitative estimate of drug-likeness (QED) is 0.407. The predicted molar refractivity (Wildman–Crippen MR) is 131 cm³/mol. The van der Waals surface area contributed by atoms with E-state index in [2.05, 4.69) is 10.6 Å². The Hall–Kier alpha value is -4.46. The summed E-state index contributed by atoms with van der Waals surface area (Å²) < 4.78 is 5.07. The monoisotopic (exact) mass is 471 g/mol. The fraction of sp³-hybridized carbons (Fsp3) is 0.185. The molecule has 4 amide bonds. The molecule has 0 radical (unpaired) electrons. The fourth-order valence-corrected chi connectivity index (χ4v) is 3.86. The van der Waals surface area contributed by atoms with Crippen LogP contribution in [0, 0.1) is 13.8 Å². The lowest BCUT2D eigenvalue weighted by Gasteiger charge is -2.17. The molecule has 8 nitrogen and oxygen atoms in total. The standard InChI is InChI=1S/C27H25N3O5/c1-16-4-5-17(2)23(14-16)30-26(33)21-11-8-19(15-22(21)27(30)34)25(32)29-13-12-28-24(31)18-6-9-20(35-3)10-7-18/h4-11,14-15H,12-13H2,1-3H3,(H,28,31)(H,29,32). The largest absolute Gasteiger partial charge is 0.497 e. The van der Waals surface area contributed by atoms with E-state index in [0.717, 1.165) is 16.0 Å². The molecule has 0 spiro atoms. The first kappa shape index (κ1) is 23.7. The Morgan fingerprint density at radius 3 is 2.03 bits per heavy atom. The van der Waals surface area contributed by atoms with Crippen molar-refractivity contribution in [3.63, 3.8) is 0 Å². The van der Waals surface area contributed by atoms with Crippen LogP contribution in [0.4, 0.5) is 5.69 Å². The summed E-state index contributed by atoms with van der Waals surface area (Å²) in [5.74, 6) is -0.889. The minimum atomic E-state index is -0.458. The van der Waals surface area contributed by atoms with Gasteiger partial charge in [-0.15, -0.1) is 0 Å². The molecule has 4 rings (SSSR count). The molecule has 0 aliphatic carbocycles. The molecular formula is C27H25N3O5. The van der Waals surface area contributed by atoms with Gasteiger partial charge >= 0.3 is 0 Å². The van der Waals surface area contributed by atoms with Crippen LogP contribution < -0.4 is 20.3 Å². The van der Waals surface area contributed by atoms with Gasteiger partial charge in [-0.1, -0.05) is 12.1 Å². The molecule has 3 aromatic rings. The topological polar surface area (TPSA) is 105 Å². The van der Waals surface area contributed by atoms with Crippen LogP contribution in [0.5, 0.6) is 5.75 Å². The average molecular weight is 472 g/mol. The van der Waals surface area contributed by atoms with Crippen molar-refractivity contribution < 1.29 is 23.9 Å². The summed E-state index contributed by atoms with van der Waals surface area (Å²) in [6.07, 6.45) is 0. The number of amides is 4. The number of methoxy groups -OCH3 is 1. The minimum absolute atomic E-state index is 0.191. The van der Waals surface area contributed by atoms with Gasteiger partial charge in [0.25, 0.3) is 23.6 Å². The Morgan fingerprint density at radius 2 is 1.37 bits per heavy atom. The Bertz CT molecular complexity index is 1330. The van der Waals surface area contributed by atoms with Gasteiger partial charge in [0.1, 0.15) is 5.75 Å². The summed E-state index contributed by atoms with van der Waals surface area (Å²) in [5, 5.41) is 5.45. The average Bonchev–Trinajstić information content (AvgIpc) is 3.12. The summed E-state index contributed by atoms with van der Waals surface area (Å²) >= 11 is 0. The van der Waals surface area contributed by atoms with Gasteiger partial charge in [-0.05, 0) is 73.5 Å². The fourth-order valence-electron chi connectivity index (χ4n) is 3.86. The van der Waals surface area contributed by atoms with Crippen molar-refractivity contribution in [2.75, 3.05) is 25.1 Å². The number of fused-ring (bicyclic) bond motifs is 1. The van der Waals surface area contributed by atoms with E-state index < -0.39 is 17.7 Å². The number of nitrogens with one attached hydrogen (secondary N) is 2. The second kappa shape index (κ2) is 9.80. The van der Waals surface area contributed by atoms with Gasteiger partial charge in [-0.25, -0.2) is 4.90 Å². The summed E-state index contributed by atoms with van der Waals surface area (Å²) in [6, 6.07) is 16.7. The lowest BCUT2D eigenvalue weighted by Crippen LogP contribution is -2.34. The van der Waals surface area contributed by atoms with E-state index in [1.54, 1.807) is 37.4 Å². The maximum Gasteiger partial charge on any atom is 0.266 e. The third-order valence-electron chi connectivity index (χ3n) is 5.80. The van der Waals surface area contributed by atoms with Crippen LogP contribution in [0.3, 0.4) is 0 Å². The number of hydrogen-bond donors (Lipinski definition) is 2. The smallest absolute Gasteiger partial charge is 0.266 e. The summed E-state index contributed by atoms with van der Waals surface area (Å²) in [6.45, 7) is 4.15. The number of carbonyl (C=O) groups is 4. The van der Waals surface area contributed by atoms with E-state index in [1.165, 1.54) is 18.2 Å². The third-order valence-corrected chi connectivity index (χ3v) is 5.80. The number of benzene rings is 3. The van der Waals surface area contributed by atoms with E-state index in [-0.39, 0.29) is 35.7 Å². The molecule has 8 heteroatoms. The number of anilines is 1. The Balaban J connectivity index is 1.38. The third kappa shape index (κ3) is 4.77. The van der Waals surface area contributed by atoms with Crippen molar-refractivity contribution in [3.8, 4) is 5.75 Å². The lowest BCUT2D eigenvalue weighted by molar-refractivity contribution is 0.0922. The van der Waals surface area contributed by atoms with E-state index in [1.807, 2.05) is 26.0 Å². The van der Waals surface area contributed by atoms with Gasteiger partial charge in [0.15, 0.2) is 0 Å². The van der Waals surface area contributed by atoms with Crippen LogP contribution in [0.1, 0.15) is 52.6 Å². The van der Waals surface area contributed by atoms with Crippen molar-refractivity contribution in [2.24, 2.45) is 0 Å². The maximum atomic E-state index is 13.1. The van der Waals surface area contributed by atoms with Crippen molar-refractivity contribution in [1.82, 2.24) is 10.6 Å². The first-order valence-electron chi connectivity index (χ1n) is 11.1. The van der Waals surface area contributed by atoms with E-state index in [0.29, 0.717) is 17.0 Å². The molecule has 178 valence electrons. The van der Waals surface area contributed by atoms with Gasteiger partial charge in [0, 0.05) is 24.2 Å². The normalized spacial score (nSPS) is 12.4. The lowest BCUT2D eigenvalue weighted by atomic mass is 10.1. The molecule has 1 aliphatic rings. The first-order chi connectivity index (χ1) is 16.8. The zero-order chi connectivity index (χ0) is 25.1. The number of aryl methyl sites for hydroxylation is 2. The first-order valence-corrected chi connectivity index (χ1v) is 11.1. The molecule has 1 aliphatic heterocycles. The van der Waals surface area contributed by atoms with Crippen molar-refractivity contribution in [1.29, 1.82) is 0 Å². The molecule has 0 fully saturated rings. The Morgan fingerprint density at radius 1 is 0.771 bits per heavy atom. The van der Waals surface area contributed by atoms with Gasteiger partial charge in [0.2, 0.25) is 0 Å². The van der Waals surface area contributed by atoms with Gasteiger partial charge in [-0.3, -0.25) is 19.2 Å². The second-order valence-corrected chi connectivity index (χ2v) is 8.24. The van der Waals surface area contributed by atoms with Crippen LogP contribution in [-0.2, 0) is 0 Å². The van der Waals surface area contributed by atoms with Crippen molar-refractivity contribution >= 4 is 29.3 Å². The summed E-state index contributed by atoms with van der Waals surface area (Å²) in [7, 11) is 1.55. The number of nitrogens with zero attached hydrogens (tertiary/aromatic N) is 1. The van der Waals surface area contributed by atoms with Crippen LogP contribution in [-0.4, -0.2) is 43.8 Å². The second-order valence-electron chi connectivity index (χ2n) is 8.24. The highest BCUT2D eigenvalue weighted by atomic mass is 16.5. The summed E-state index contributed by atoms with van der Waals surface area (Å²) in [5.41, 5.74) is 3.47. The van der Waals surface area contributed by atoms with Gasteiger partial charge < -0.3 is 15.4 Å². The maximum absolute atomic E-state index is 13.1. The van der Waals surface area contributed by atoms with Crippen LogP contribution >= 0.6 is 0 Å². The molecule has 2 N–H and O–H groups in total. The minimum Gasteiger partial charge on any atom is -0.497 e. The Labute approximate surface area is 202 Å².